The maximum Gasteiger partial charge on any atom is 0.208 e. The Morgan fingerprint density at radius 2 is 2.08 bits per heavy atom. The van der Waals surface area contributed by atoms with Crippen LogP contribution in [-0.2, 0) is 6.54 Å². The molecule has 0 aromatic carbocycles. The van der Waals surface area contributed by atoms with Crippen molar-refractivity contribution in [3.63, 3.8) is 0 Å². The van der Waals surface area contributed by atoms with E-state index in [2.05, 4.69) is 0 Å². The average Bonchev–Trinajstić information content (AvgIpc) is 2.31. The SMILES string of the molecule is CSc1cc(O)n(CC(C)C)c1O. The van der Waals surface area contributed by atoms with E-state index in [1.165, 1.54) is 16.3 Å². The Balaban J connectivity index is 2.98. The molecule has 74 valence electrons. The Morgan fingerprint density at radius 1 is 1.46 bits per heavy atom. The Morgan fingerprint density at radius 3 is 2.46 bits per heavy atom. The standard InChI is InChI=1S/C9H15NO2S/c1-6(2)5-10-8(11)4-7(13-3)9(10)12/h4,6,11-12H,5H2,1-3H3. The van der Waals surface area contributed by atoms with Gasteiger partial charge in [-0.2, -0.15) is 0 Å². The molecule has 0 aliphatic rings. The summed E-state index contributed by atoms with van der Waals surface area (Å²) in [6.07, 6.45) is 1.87. The first-order chi connectivity index (χ1) is 6.06. The molecule has 0 aliphatic carbocycles. The minimum atomic E-state index is 0.135. The van der Waals surface area contributed by atoms with Crippen molar-refractivity contribution in [2.45, 2.75) is 25.3 Å². The summed E-state index contributed by atoms with van der Waals surface area (Å²) in [5.74, 6) is 0.702. The maximum absolute atomic E-state index is 9.64. The highest BCUT2D eigenvalue weighted by Crippen LogP contribution is 2.34. The van der Waals surface area contributed by atoms with E-state index in [9.17, 15) is 10.2 Å². The lowest BCUT2D eigenvalue weighted by molar-refractivity contribution is 0.343. The van der Waals surface area contributed by atoms with Gasteiger partial charge in [0.05, 0.1) is 4.90 Å². The predicted octanol–water partition coefficient (Wildman–Crippen LogP) is 2.28. The second-order valence-electron chi connectivity index (χ2n) is 3.40. The molecule has 0 unspecified atom stereocenters. The molecule has 2 N–H and O–H groups in total. The first-order valence-corrected chi connectivity index (χ1v) is 5.44. The molecule has 0 saturated heterocycles. The van der Waals surface area contributed by atoms with Gasteiger partial charge >= 0.3 is 0 Å². The van der Waals surface area contributed by atoms with Crippen molar-refractivity contribution >= 4 is 11.8 Å². The Labute approximate surface area is 82.4 Å². The molecule has 1 aromatic heterocycles. The number of aromatic nitrogens is 1. The minimum Gasteiger partial charge on any atom is -0.494 e. The Bertz CT molecular complexity index is 294. The molecule has 1 aromatic rings. The number of rotatable bonds is 3. The smallest absolute Gasteiger partial charge is 0.208 e. The summed E-state index contributed by atoms with van der Waals surface area (Å²) in [6, 6.07) is 1.59. The highest BCUT2D eigenvalue weighted by Gasteiger charge is 2.13. The van der Waals surface area contributed by atoms with Gasteiger partial charge in [0.1, 0.15) is 0 Å². The van der Waals surface area contributed by atoms with Gasteiger partial charge < -0.3 is 10.2 Å². The van der Waals surface area contributed by atoms with Crippen LogP contribution in [0.1, 0.15) is 13.8 Å². The quantitative estimate of drug-likeness (QED) is 0.737. The second kappa shape index (κ2) is 3.96. The van der Waals surface area contributed by atoms with Crippen LogP contribution < -0.4 is 0 Å². The number of aromatic hydroxyl groups is 2. The summed E-state index contributed by atoms with van der Waals surface area (Å²) >= 11 is 1.43. The second-order valence-corrected chi connectivity index (χ2v) is 4.25. The molecule has 13 heavy (non-hydrogen) atoms. The number of hydrogen-bond donors (Lipinski definition) is 2. The molecule has 0 fully saturated rings. The zero-order valence-electron chi connectivity index (χ0n) is 8.11. The van der Waals surface area contributed by atoms with E-state index in [0.29, 0.717) is 12.5 Å². The third kappa shape index (κ3) is 2.12. The first-order valence-electron chi connectivity index (χ1n) is 4.21. The third-order valence-electron chi connectivity index (χ3n) is 1.78. The van der Waals surface area contributed by atoms with Gasteiger partial charge in [0.25, 0.3) is 0 Å². The van der Waals surface area contributed by atoms with Gasteiger partial charge in [0, 0.05) is 12.6 Å². The fourth-order valence-corrected chi connectivity index (χ4v) is 1.71. The normalized spacial score (nSPS) is 11.1. The molecule has 4 heteroatoms. The van der Waals surface area contributed by atoms with Crippen LogP contribution in [0.3, 0.4) is 0 Å². The average molecular weight is 201 g/mol. The van der Waals surface area contributed by atoms with Gasteiger partial charge in [0.2, 0.25) is 5.88 Å². The van der Waals surface area contributed by atoms with Gasteiger partial charge in [-0.1, -0.05) is 13.8 Å². The van der Waals surface area contributed by atoms with Crippen molar-refractivity contribution in [1.29, 1.82) is 0 Å². The van der Waals surface area contributed by atoms with E-state index in [1.807, 2.05) is 20.1 Å². The van der Waals surface area contributed by atoms with Crippen LogP contribution in [0.4, 0.5) is 0 Å². The van der Waals surface area contributed by atoms with E-state index in [4.69, 9.17) is 0 Å². The molecule has 0 amide bonds. The van der Waals surface area contributed by atoms with Gasteiger partial charge in [-0.05, 0) is 12.2 Å². The zero-order chi connectivity index (χ0) is 10.0. The maximum atomic E-state index is 9.64. The third-order valence-corrected chi connectivity index (χ3v) is 2.52. The molecule has 1 heterocycles. The van der Waals surface area contributed by atoms with Gasteiger partial charge in [-0.3, -0.25) is 4.57 Å². The van der Waals surface area contributed by atoms with Crippen LogP contribution in [0.2, 0.25) is 0 Å². The molecule has 0 saturated carbocycles. The summed E-state index contributed by atoms with van der Waals surface area (Å²) in [4.78, 5) is 0.721. The Kier molecular flexibility index (Phi) is 3.14. The van der Waals surface area contributed by atoms with Crippen LogP contribution in [0.25, 0.3) is 0 Å². The topological polar surface area (TPSA) is 45.4 Å². The first kappa shape index (κ1) is 10.3. The van der Waals surface area contributed by atoms with Crippen molar-refractivity contribution < 1.29 is 10.2 Å². The van der Waals surface area contributed by atoms with Crippen molar-refractivity contribution in [2.75, 3.05) is 6.26 Å². The Hall–Kier alpha value is -0.770. The number of hydrogen-bond acceptors (Lipinski definition) is 3. The van der Waals surface area contributed by atoms with E-state index < -0.39 is 0 Å². The van der Waals surface area contributed by atoms with Crippen molar-refractivity contribution in [3.05, 3.63) is 6.07 Å². The monoisotopic (exact) mass is 201 g/mol. The van der Waals surface area contributed by atoms with Gasteiger partial charge in [0.15, 0.2) is 5.88 Å². The molecule has 0 radical (unpaired) electrons. The van der Waals surface area contributed by atoms with Crippen molar-refractivity contribution in [3.8, 4) is 11.8 Å². The fraction of sp³-hybridized carbons (Fsp3) is 0.556. The lowest BCUT2D eigenvalue weighted by Gasteiger charge is -2.09. The van der Waals surface area contributed by atoms with E-state index >= 15 is 0 Å². The predicted molar refractivity (Wildman–Crippen MR) is 54.4 cm³/mol. The number of nitrogens with zero attached hydrogens (tertiary/aromatic N) is 1. The summed E-state index contributed by atoms with van der Waals surface area (Å²) in [5, 5.41) is 19.1. The molecular weight excluding hydrogens is 186 g/mol. The van der Waals surface area contributed by atoms with E-state index in [0.717, 1.165) is 4.90 Å². The highest BCUT2D eigenvalue weighted by molar-refractivity contribution is 7.98. The summed E-state index contributed by atoms with van der Waals surface area (Å²) < 4.78 is 1.52. The van der Waals surface area contributed by atoms with E-state index in [1.54, 1.807) is 6.07 Å². The lowest BCUT2D eigenvalue weighted by atomic mass is 10.2. The van der Waals surface area contributed by atoms with Crippen LogP contribution in [0.5, 0.6) is 11.8 Å². The van der Waals surface area contributed by atoms with Gasteiger partial charge in [-0.25, -0.2) is 0 Å². The van der Waals surface area contributed by atoms with Gasteiger partial charge in [-0.15, -0.1) is 11.8 Å². The minimum absolute atomic E-state index is 0.135. The molecule has 0 aliphatic heterocycles. The highest BCUT2D eigenvalue weighted by atomic mass is 32.2. The largest absolute Gasteiger partial charge is 0.494 e. The van der Waals surface area contributed by atoms with Crippen molar-refractivity contribution in [1.82, 2.24) is 4.57 Å². The summed E-state index contributed by atoms with van der Waals surface area (Å²) in [5.41, 5.74) is 0. The molecule has 0 atom stereocenters. The fourth-order valence-electron chi connectivity index (χ4n) is 1.20. The molecule has 3 nitrogen and oxygen atoms in total. The van der Waals surface area contributed by atoms with Crippen LogP contribution in [0.15, 0.2) is 11.0 Å². The zero-order valence-corrected chi connectivity index (χ0v) is 8.93. The van der Waals surface area contributed by atoms with Crippen molar-refractivity contribution in [2.24, 2.45) is 5.92 Å². The summed E-state index contributed by atoms with van der Waals surface area (Å²) in [6.45, 7) is 4.72. The molecule has 1 rings (SSSR count). The van der Waals surface area contributed by atoms with Crippen LogP contribution in [-0.4, -0.2) is 21.0 Å². The molecule has 0 spiro atoms. The lowest BCUT2D eigenvalue weighted by Crippen LogP contribution is -2.02. The van der Waals surface area contributed by atoms with E-state index in [-0.39, 0.29) is 11.8 Å². The molecular formula is C9H15NO2S. The number of thioether (sulfide) groups is 1. The summed E-state index contributed by atoms with van der Waals surface area (Å²) in [7, 11) is 0. The molecule has 0 bridgehead atoms. The van der Waals surface area contributed by atoms with Crippen LogP contribution in [0, 0.1) is 5.92 Å². The van der Waals surface area contributed by atoms with Crippen LogP contribution >= 0.6 is 11.8 Å².